The second-order valence-corrected chi connectivity index (χ2v) is 7.77. The topological polar surface area (TPSA) is 63.4 Å². The van der Waals surface area contributed by atoms with Crippen LogP contribution < -0.4 is 5.73 Å². The first kappa shape index (κ1) is 17.1. The minimum atomic E-state index is -3.44. The van der Waals surface area contributed by atoms with E-state index >= 15 is 0 Å². The van der Waals surface area contributed by atoms with Crippen LogP contribution in [-0.2, 0) is 16.6 Å². The quantitative estimate of drug-likeness (QED) is 0.877. The monoisotopic (exact) mass is 298 g/mol. The Bertz CT molecular complexity index is 565. The van der Waals surface area contributed by atoms with Crippen molar-refractivity contribution in [1.29, 1.82) is 0 Å². The fourth-order valence-corrected chi connectivity index (χ4v) is 3.54. The van der Waals surface area contributed by atoms with Crippen LogP contribution in [0.2, 0.25) is 0 Å². The summed E-state index contributed by atoms with van der Waals surface area (Å²) < 4.78 is 26.7. The number of benzene rings is 1. The van der Waals surface area contributed by atoms with Crippen molar-refractivity contribution in [1.82, 2.24) is 4.31 Å². The molecule has 2 N–H and O–H groups in total. The van der Waals surface area contributed by atoms with Gasteiger partial charge in [0.15, 0.2) is 0 Å². The number of rotatable bonds is 6. The summed E-state index contributed by atoms with van der Waals surface area (Å²) in [7, 11) is -1.80. The van der Waals surface area contributed by atoms with Gasteiger partial charge in [-0.3, -0.25) is 0 Å². The molecular formula is C15H26N2O2S. The number of sulfonamides is 1. The molecule has 0 unspecified atom stereocenters. The largest absolute Gasteiger partial charge is 0.326 e. The maximum Gasteiger partial charge on any atom is 0.243 e. The van der Waals surface area contributed by atoms with Gasteiger partial charge in [-0.25, -0.2) is 12.7 Å². The molecule has 0 amide bonds. The van der Waals surface area contributed by atoms with Gasteiger partial charge < -0.3 is 5.73 Å². The highest BCUT2D eigenvalue weighted by molar-refractivity contribution is 7.89. The first-order valence-corrected chi connectivity index (χ1v) is 8.40. The van der Waals surface area contributed by atoms with Crippen LogP contribution >= 0.6 is 0 Å². The molecule has 0 aliphatic rings. The van der Waals surface area contributed by atoms with Crippen molar-refractivity contribution in [3.8, 4) is 0 Å². The van der Waals surface area contributed by atoms with Gasteiger partial charge >= 0.3 is 0 Å². The molecule has 0 saturated carbocycles. The third-order valence-corrected chi connectivity index (χ3v) is 5.56. The lowest BCUT2D eigenvalue weighted by Crippen LogP contribution is -2.29. The lowest BCUT2D eigenvalue weighted by atomic mass is 10.1. The number of aryl methyl sites for hydroxylation is 2. The van der Waals surface area contributed by atoms with Gasteiger partial charge in [0, 0.05) is 20.1 Å². The number of nitrogens with zero attached hydrogens (tertiary/aromatic N) is 1. The molecule has 4 nitrogen and oxygen atoms in total. The van der Waals surface area contributed by atoms with Gasteiger partial charge in [-0.2, -0.15) is 0 Å². The Morgan fingerprint density at radius 3 is 2.30 bits per heavy atom. The number of hydrogen-bond acceptors (Lipinski definition) is 3. The smallest absolute Gasteiger partial charge is 0.243 e. The molecule has 0 aromatic heterocycles. The lowest BCUT2D eigenvalue weighted by Gasteiger charge is -2.20. The fraction of sp³-hybridized carbons (Fsp3) is 0.600. The highest BCUT2D eigenvalue weighted by Crippen LogP contribution is 2.23. The highest BCUT2D eigenvalue weighted by Gasteiger charge is 2.23. The van der Waals surface area contributed by atoms with E-state index in [0.29, 0.717) is 23.9 Å². The van der Waals surface area contributed by atoms with E-state index < -0.39 is 10.0 Å². The standard InChI is InChI=1S/C15H26N2O2S/c1-11(2)6-7-17(5)20(18,19)15-9-14(10-16)12(3)8-13(15)4/h8-9,11H,6-7,10,16H2,1-5H3. The molecule has 0 heterocycles. The Labute approximate surface area is 123 Å². The molecule has 0 spiro atoms. The van der Waals surface area contributed by atoms with Crippen molar-refractivity contribution < 1.29 is 8.42 Å². The van der Waals surface area contributed by atoms with Gasteiger partial charge in [0.2, 0.25) is 10.0 Å². The summed E-state index contributed by atoms with van der Waals surface area (Å²) in [5.41, 5.74) is 8.37. The highest BCUT2D eigenvalue weighted by atomic mass is 32.2. The molecule has 0 atom stereocenters. The van der Waals surface area contributed by atoms with Crippen LogP contribution in [0.5, 0.6) is 0 Å². The summed E-state index contributed by atoms with van der Waals surface area (Å²) in [6.45, 7) is 8.84. The molecular weight excluding hydrogens is 272 g/mol. The van der Waals surface area contributed by atoms with E-state index in [9.17, 15) is 8.42 Å². The maximum atomic E-state index is 12.6. The van der Waals surface area contributed by atoms with Crippen molar-refractivity contribution in [3.63, 3.8) is 0 Å². The molecule has 5 heteroatoms. The predicted octanol–water partition coefficient (Wildman–Crippen LogP) is 2.43. The minimum absolute atomic E-state index is 0.352. The zero-order chi connectivity index (χ0) is 15.5. The molecule has 0 aliphatic carbocycles. The first-order valence-electron chi connectivity index (χ1n) is 6.96. The average molecular weight is 298 g/mol. The molecule has 0 fully saturated rings. The van der Waals surface area contributed by atoms with E-state index in [2.05, 4.69) is 13.8 Å². The van der Waals surface area contributed by atoms with Crippen molar-refractivity contribution in [2.45, 2.75) is 45.6 Å². The summed E-state index contributed by atoms with van der Waals surface area (Å²) in [4.78, 5) is 0.370. The molecule has 0 radical (unpaired) electrons. The van der Waals surface area contributed by atoms with E-state index in [-0.39, 0.29) is 0 Å². The van der Waals surface area contributed by atoms with Crippen LogP contribution in [0.15, 0.2) is 17.0 Å². The Morgan fingerprint density at radius 1 is 1.20 bits per heavy atom. The zero-order valence-electron chi connectivity index (χ0n) is 13.1. The van der Waals surface area contributed by atoms with Crippen LogP contribution in [-0.4, -0.2) is 26.3 Å². The van der Waals surface area contributed by atoms with E-state index in [1.807, 2.05) is 19.9 Å². The second-order valence-electron chi connectivity index (χ2n) is 5.76. The number of nitrogens with two attached hydrogens (primary N) is 1. The first-order chi connectivity index (χ1) is 9.20. The molecule has 1 aromatic carbocycles. The Kier molecular flexibility index (Phi) is 5.74. The van der Waals surface area contributed by atoms with Crippen molar-refractivity contribution in [2.24, 2.45) is 11.7 Å². The van der Waals surface area contributed by atoms with Crippen LogP contribution in [0.25, 0.3) is 0 Å². The number of hydrogen-bond donors (Lipinski definition) is 1. The summed E-state index contributed by atoms with van der Waals surface area (Å²) in [6.07, 6.45) is 0.852. The van der Waals surface area contributed by atoms with Gasteiger partial charge in [-0.1, -0.05) is 19.9 Å². The summed E-state index contributed by atoms with van der Waals surface area (Å²) in [5.74, 6) is 0.478. The van der Waals surface area contributed by atoms with Crippen LogP contribution in [0.4, 0.5) is 0 Å². The molecule has 20 heavy (non-hydrogen) atoms. The third-order valence-electron chi connectivity index (χ3n) is 3.56. The Morgan fingerprint density at radius 2 is 1.80 bits per heavy atom. The summed E-state index contributed by atoms with van der Waals surface area (Å²) >= 11 is 0. The van der Waals surface area contributed by atoms with Crippen LogP contribution in [0.1, 0.15) is 37.0 Å². The minimum Gasteiger partial charge on any atom is -0.326 e. The van der Waals surface area contributed by atoms with Crippen molar-refractivity contribution in [2.75, 3.05) is 13.6 Å². The molecule has 0 saturated heterocycles. The van der Waals surface area contributed by atoms with E-state index in [1.54, 1.807) is 13.1 Å². The molecule has 114 valence electrons. The van der Waals surface area contributed by atoms with Crippen LogP contribution in [0.3, 0.4) is 0 Å². The third kappa shape index (κ3) is 3.81. The summed E-state index contributed by atoms with van der Waals surface area (Å²) in [6, 6.07) is 3.61. The predicted molar refractivity (Wildman–Crippen MR) is 83.1 cm³/mol. The molecule has 1 aromatic rings. The van der Waals surface area contributed by atoms with Crippen molar-refractivity contribution >= 4 is 10.0 Å². The van der Waals surface area contributed by atoms with E-state index in [0.717, 1.165) is 23.1 Å². The van der Waals surface area contributed by atoms with E-state index in [4.69, 9.17) is 5.73 Å². The molecule has 0 aliphatic heterocycles. The zero-order valence-corrected chi connectivity index (χ0v) is 13.9. The van der Waals surface area contributed by atoms with Gasteiger partial charge in [0.1, 0.15) is 0 Å². The van der Waals surface area contributed by atoms with Gasteiger partial charge in [-0.05, 0) is 48.9 Å². The second kappa shape index (κ2) is 6.70. The van der Waals surface area contributed by atoms with Gasteiger partial charge in [0.25, 0.3) is 0 Å². The van der Waals surface area contributed by atoms with Crippen molar-refractivity contribution in [3.05, 3.63) is 28.8 Å². The van der Waals surface area contributed by atoms with E-state index in [1.165, 1.54) is 4.31 Å². The fourth-order valence-electron chi connectivity index (χ4n) is 2.10. The molecule has 1 rings (SSSR count). The average Bonchev–Trinajstić information content (AvgIpc) is 2.35. The summed E-state index contributed by atoms with van der Waals surface area (Å²) in [5, 5.41) is 0. The van der Waals surface area contributed by atoms with Gasteiger partial charge in [0.05, 0.1) is 4.90 Å². The SMILES string of the molecule is Cc1cc(C)c(S(=O)(=O)N(C)CCC(C)C)cc1CN. The Hall–Kier alpha value is -0.910. The van der Waals surface area contributed by atoms with Gasteiger partial charge in [-0.15, -0.1) is 0 Å². The normalized spacial score (nSPS) is 12.4. The van der Waals surface area contributed by atoms with Crippen LogP contribution in [0, 0.1) is 19.8 Å². The lowest BCUT2D eigenvalue weighted by molar-refractivity contribution is 0.427. The molecule has 0 bridgehead atoms. The maximum absolute atomic E-state index is 12.6. The Balaban J connectivity index is 3.15.